The van der Waals surface area contributed by atoms with E-state index in [1.54, 1.807) is 37.3 Å². The van der Waals surface area contributed by atoms with Crippen LogP contribution in [-0.2, 0) is 6.42 Å². The lowest BCUT2D eigenvalue weighted by Crippen LogP contribution is -2.15. The molecule has 35 heavy (non-hydrogen) atoms. The number of allylic oxidation sites excluding steroid dienone is 1. The molecule has 1 fully saturated rings. The van der Waals surface area contributed by atoms with Crippen LogP contribution < -0.4 is 0 Å². The van der Waals surface area contributed by atoms with Gasteiger partial charge in [-0.15, -0.1) is 0 Å². The fourth-order valence-electron chi connectivity index (χ4n) is 5.63. The summed E-state index contributed by atoms with van der Waals surface area (Å²) in [6, 6.07) is 12.5. The summed E-state index contributed by atoms with van der Waals surface area (Å²) in [6.07, 6.45) is 16.3. The summed E-state index contributed by atoms with van der Waals surface area (Å²) in [5, 5.41) is 0.0672. The van der Waals surface area contributed by atoms with Crippen molar-refractivity contribution in [2.75, 3.05) is 0 Å². The third-order valence-electron chi connectivity index (χ3n) is 7.79. The normalized spacial score (nSPS) is 18.5. The highest BCUT2D eigenvalue weighted by molar-refractivity contribution is 5.90. The van der Waals surface area contributed by atoms with E-state index in [4.69, 9.17) is 0 Å². The van der Waals surface area contributed by atoms with Crippen LogP contribution in [0.4, 0.5) is 13.2 Å². The molecule has 3 aromatic carbocycles. The van der Waals surface area contributed by atoms with Gasteiger partial charge >= 0.3 is 0 Å². The van der Waals surface area contributed by atoms with E-state index in [9.17, 15) is 13.2 Å². The zero-order chi connectivity index (χ0) is 24.8. The van der Waals surface area contributed by atoms with Crippen LogP contribution in [0.25, 0.3) is 28.0 Å². The molecule has 0 aromatic heterocycles. The van der Waals surface area contributed by atoms with Crippen molar-refractivity contribution < 1.29 is 13.2 Å². The molecule has 0 unspecified atom stereocenters. The van der Waals surface area contributed by atoms with Crippen molar-refractivity contribution in [2.24, 2.45) is 11.8 Å². The van der Waals surface area contributed by atoms with Gasteiger partial charge in [0, 0.05) is 11.1 Å². The molecule has 3 heteroatoms. The van der Waals surface area contributed by atoms with Gasteiger partial charge in [0.05, 0.1) is 5.39 Å². The zero-order valence-electron chi connectivity index (χ0n) is 21.1. The smallest absolute Gasteiger partial charge is 0.170 e. The quantitative estimate of drug-likeness (QED) is 0.268. The molecule has 186 valence electrons. The molecule has 0 nitrogen and oxygen atoms in total. The Balaban J connectivity index is 1.41. The standard InChI is InChI=1S/C32H37F3/c1-3-5-6-8-22-9-11-23(12-10-22)13-14-24-15-17-25(18-16-24)28-21-27-20-19-26(7-4-2)30(33)29(27)32(35)31(28)34/h4,7,15-23H,3,5-6,8-14H2,1-2H3/b7-4+. The van der Waals surface area contributed by atoms with Crippen LogP contribution in [0.5, 0.6) is 0 Å². The van der Waals surface area contributed by atoms with E-state index in [1.807, 2.05) is 24.3 Å². The first-order chi connectivity index (χ1) is 17.0. The highest BCUT2D eigenvalue weighted by Gasteiger charge is 2.21. The van der Waals surface area contributed by atoms with Crippen molar-refractivity contribution in [3.8, 4) is 11.1 Å². The molecule has 0 bridgehead atoms. The van der Waals surface area contributed by atoms with Crippen LogP contribution in [0.3, 0.4) is 0 Å². The summed E-state index contributed by atoms with van der Waals surface area (Å²) in [5.41, 5.74) is 2.25. The predicted molar refractivity (Wildman–Crippen MR) is 142 cm³/mol. The largest absolute Gasteiger partial charge is 0.206 e. The lowest BCUT2D eigenvalue weighted by Gasteiger charge is -2.28. The Kier molecular flexibility index (Phi) is 8.70. The Labute approximate surface area is 208 Å². The Morgan fingerprint density at radius 3 is 2.14 bits per heavy atom. The summed E-state index contributed by atoms with van der Waals surface area (Å²) in [6.45, 7) is 4.02. The fourth-order valence-corrected chi connectivity index (χ4v) is 5.63. The number of hydrogen-bond donors (Lipinski definition) is 0. The summed E-state index contributed by atoms with van der Waals surface area (Å²) < 4.78 is 44.6. The van der Waals surface area contributed by atoms with Crippen molar-refractivity contribution in [2.45, 2.75) is 78.1 Å². The lowest BCUT2D eigenvalue weighted by atomic mass is 9.78. The monoisotopic (exact) mass is 478 g/mol. The molecular formula is C32H37F3. The van der Waals surface area contributed by atoms with Crippen LogP contribution in [0.2, 0.25) is 0 Å². The number of halogens is 3. The first-order valence-corrected chi connectivity index (χ1v) is 13.3. The van der Waals surface area contributed by atoms with Crippen molar-refractivity contribution in [1.82, 2.24) is 0 Å². The van der Waals surface area contributed by atoms with Crippen molar-refractivity contribution in [1.29, 1.82) is 0 Å². The van der Waals surface area contributed by atoms with Crippen molar-refractivity contribution in [3.05, 3.63) is 77.1 Å². The summed E-state index contributed by atoms with van der Waals surface area (Å²) in [5.74, 6) is -1.13. The lowest BCUT2D eigenvalue weighted by molar-refractivity contribution is 0.249. The fraction of sp³-hybridized carbons (Fsp3) is 0.438. The minimum Gasteiger partial charge on any atom is -0.206 e. The van der Waals surface area contributed by atoms with Crippen LogP contribution in [-0.4, -0.2) is 0 Å². The van der Waals surface area contributed by atoms with E-state index in [1.165, 1.54) is 63.4 Å². The van der Waals surface area contributed by atoms with Crippen LogP contribution in [0.15, 0.2) is 48.5 Å². The second-order valence-electron chi connectivity index (χ2n) is 10.2. The minimum absolute atomic E-state index is 0.168. The maximum Gasteiger partial charge on any atom is 0.170 e. The Hall–Kier alpha value is -2.55. The number of unbranched alkanes of at least 4 members (excludes halogenated alkanes) is 2. The van der Waals surface area contributed by atoms with Gasteiger partial charge < -0.3 is 0 Å². The number of rotatable bonds is 9. The van der Waals surface area contributed by atoms with Crippen molar-refractivity contribution >= 4 is 16.8 Å². The Bertz CT molecular complexity index is 1150. The average Bonchev–Trinajstić information content (AvgIpc) is 2.88. The highest BCUT2D eigenvalue weighted by Crippen LogP contribution is 2.36. The molecule has 1 aliphatic rings. The van der Waals surface area contributed by atoms with E-state index >= 15 is 0 Å². The Morgan fingerprint density at radius 2 is 1.49 bits per heavy atom. The number of benzene rings is 3. The molecule has 1 saturated carbocycles. The van der Waals surface area contributed by atoms with E-state index in [2.05, 4.69) is 6.92 Å². The van der Waals surface area contributed by atoms with Crippen LogP contribution in [0.1, 0.15) is 82.8 Å². The van der Waals surface area contributed by atoms with E-state index in [-0.39, 0.29) is 16.5 Å². The predicted octanol–water partition coefficient (Wildman–Crippen LogP) is 10.3. The minimum atomic E-state index is -1.13. The molecule has 0 amide bonds. The van der Waals surface area contributed by atoms with Crippen LogP contribution in [0, 0.1) is 29.3 Å². The molecule has 3 aromatic rings. The summed E-state index contributed by atoms with van der Waals surface area (Å²) in [4.78, 5) is 0. The molecule has 1 aliphatic carbocycles. The van der Waals surface area contributed by atoms with Crippen molar-refractivity contribution in [3.63, 3.8) is 0 Å². The van der Waals surface area contributed by atoms with E-state index in [0.717, 1.165) is 18.3 Å². The van der Waals surface area contributed by atoms with E-state index in [0.29, 0.717) is 10.9 Å². The molecule has 0 heterocycles. The van der Waals surface area contributed by atoms with Crippen LogP contribution >= 0.6 is 0 Å². The first kappa shape index (κ1) is 25.5. The van der Waals surface area contributed by atoms with Gasteiger partial charge in [0.15, 0.2) is 11.6 Å². The molecule has 0 saturated heterocycles. The number of hydrogen-bond acceptors (Lipinski definition) is 0. The van der Waals surface area contributed by atoms with Gasteiger partial charge in [-0.25, -0.2) is 13.2 Å². The van der Waals surface area contributed by atoms with Gasteiger partial charge in [-0.2, -0.15) is 0 Å². The number of aryl methyl sites for hydroxylation is 1. The molecular weight excluding hydrogens is 441 g/mol. The van der Waals surface area contributed by atoms with Gasteiger partial charge in [0.1, 0.15) is 5.82 Å². The molecule has 4 rings (SSSR count). The summed E-state index contributed by atoms with van der Waals surface area (Å²) in [7, 11) is 0. The number of fused-ring (bicyclic) bond motifs is 1. The second kappa shape index (κ2) is 11.9. The van der Waals surface area contributed by atoms with Gasteiger partial charge in [0.25, 0.3) is 0 Å². The highest BCUT2D eigenvalue weighted by atomic mass is 19.2. The van der Waals surface area contributed by atoms with E-state index < -0.39 is 17.5 Å². The van der Waals surface area contributed by atoms with Gasteiger partial charge in [-0.05, 0) is 54.2 Å². The molecule has 0 aliphatic heterocycles. The second-order valence-corrected chi connectivity index (χ2v) is 10.2. The molecule has 0 N–H and O–H groups in total. The topological polar surface area (TPSA) is 0 Å². The first-order valence-electron chi connectivity index (χ1n) is 13.3. The maximum atomic E-state index is 15.0. The average molecular weight is 479 g/mol. The zero-order valence-corrected chi connectivity index (χ0v) is 21.1. The molecule has 0 radical (unpaired) electrons. The van der Waals surface area contributed by atoms with Gasteiger partial charge in [-0.1, -0.05) is 107 Å². The third kappa shape index (κ3) is 6.00. The molecule has 0 spiro atoms. The Morgan fingerprint density at radius 1 is 0.800 bits per heavy atom. The van der Waals surface area contributed by atoms with Gasteiger partial charge in [-0.3, -0.25) is 0 Å². The van der Waals surface area contributed by atoms with Gasteiger partial charge in [0.2, 0.25) is 0 Å². The maximum absolute atomic E-state index is 15.0. The SMILES string of the molecule is C/C=C/c1ccc2cc(-c3ccc(CCC4CCC(CCCCC)CC4)cc3)c(F)c(F)c2c1F. The molecule has 0 atom stereocenters. The summed E-state index contributed by atoms with van der Waals surface area (Å²) >= 11 is 0. The third-order valence-corrected chi connectivity index (χ3v) is 7.79.